The lowest BCUT2D eigenvalue weighted by Crippen LogP contribution is -2.51. The molecule has 0 saturated carbocycles. The lowest BCUT2D eigenvalue weighted by Gasteiger charge is -2.39. The van der Waals surface area contributed by atoms with Gasteiger partial charge in [-0.25, -0.2) is 4.98 Å². The van der Waals surface area contributed by atoms with Crippen LogP contribution in [0.5, 0.6) is 0 Å². The maximum Gasteiger partial charge on any atom is 0.306 e. The summed E-state index contributed by atoms with van der Waals surface area (Å²) in [7, 11) is 0. The van der Waals surface area contributed by atoms with E-state index in [1.165, 1.54) is 0 Å². The first-order chi connectivity index (χ1) is 17.8. The number of epoxide rings is 1. The SMILES string of the molecule is CC1=CCC(C(C)=Cc2csc(C)n2)OC(=O)CCC(C)(C)C(=O)C(CCC2CO2)C(O)(O)C(C)CCC1. The van der Waals surface area contributed by atoms with Gasteiger partial charge in [-0.1, -0.05) is 32.4 Å². The third kappa shape index (κ3) is 8.57. The van der Waals surface area contributed by atoms with Gasteiger partial charge in [0, 0.05) is 29.6 Å². The van der Waals surface area contributed by atoms with Crippen molar-refractivity contribution in [2.45, 2.75) is 111 Å². The number of nitrogens with zero attached hydrogens (tertiary/aromatic N) is 1. The molecule has 4 atom stereocenters. The number of ketones is 1. The molecule has 1 aromatic heterocycles. The molecule has 0 radical (unpaired) electrons. The van der Waals surface area contributed by atoms with Crippen molar-refractivity contribution in [1.82, 2.24) is 4.98 Å². The lowest BCUT2D eigenvalue weighted by molar-refractivity contribution is -0.235. The highest BCUT2D eigenvalue weighted by atomic mass is 32.1. The average Bonchev–Trinajstić information content (AvgIpc) is 3.59. The van der Waals surface area contributed by atoms with Gasteiger partial charge in [0.05, 0.1) is 29.3 Å². The summed E-state index contributed by atoms with van der Waals surface area (Å²) in [4.78, 5) is 31.3. The van der Waals surface area contributed by atoms with Crippen LogP contribution in [0.1, 0.15) is 96.7 Å². The third-order valence-electron chi connectivity index (χ3n) is 8.04. The molecule has 4 unspecified atom stereocenters. The van der Waals surface area contributed by atoms with E-state index in [1.54, 1.807) is 25.2 Å². The van der Waals surface area contributed by atoms with Gasteiger partial charge in [0.2, 0.25) is 0 Å². The quantitative estimate of drug-likeness (QED) is 0.208. The largest absolute Gasteiger partial charge is 0.457 e. The van der Waals surface area contributed by atoms with E-state index in [0.29, 0.717) is 32.3 Å². The first-order valence-electron chi connectivity index (χ1n) is 13.9. The Morgan fingerprint density at radius 1 is 1.21 bits per heavy atom. The van der Waals surface area contributed by atoms with Crippen molar-refractivity contribution in [3.05, 3.63) is 33.3 Å². The van der Waals surface area contributed by atoms with E-state index in [0.717, 1.165) is 34.7 Å². The number of ether oxygens (including phenoxy) is 2. The van der Waals surface area contributed by atoms with Crippen LogP contribution in [0.25, 0.3) is 6.08 Å². The molecule has 2 aliphatic heterocycles. The molecule has 1 saturated heterocycles. The molecule has 2 aliphatic rings. The van der Waals surface area contributed by atoms with Crippen molar-refractivity contribution in [2.75, 3.05) is 6.61 Å². The van der Waals surface area contributed by atoms with Gasteiger partial charge in [-0.3, -0.25) is 9.59 Å². The van der Waals surface area contributed by atoms with Gasteiger partial charge in [-0.2, -0.15) is 0 Å². The Morgan fingerprint density at radius 3 is 2.55 bits per heavy atom. The summed E-state index contributed by atoms with van der Waals surface area (Å²) >= 11 is 1.58. The van der Waals surface area contributed by atoms with Crippen molar-refractivity contribution in [2.24, 2.45) is 17.3 Å². The molecule has 1 fully saturated rings. The molecule has 0 aliphatic carbocycles. The van der Waals surface area contributed by atoms with E-state index >= 15 is 0 Å². The Labute approximate surface area is 231 Å². The van der Waals surface area contributed by atoms with Crippen molar-refractivity contribution >= 4 is 29.2 Å². The van der Waals surface area contributed by atoms with E-state index in [9.17, 15) is 19.8 Å². The van der Waals surface area contributed by atoms with Crippen molar-refractivity contribution < 1.29 is 29.3 Å². The Morgan fingerprint density at radius 2 is 1.92 bits per heavy atom. The van der Waals surface area contributed by atoms with Crippen LogP contribution in [-0.4, -0.2) is 51.6 Å². The van der Waals surface area contributed by atoms with E-state index in [1.807, 2.05) is 39.2 Å². The number of aryl methyl sites for hydroxylation is 1. The predicted molar refractivity (Wildman–Crippen MR) is 149 cm³/mol. The molecule has 0 bridgehead atoms. The Balaban J connectivity index is 1.84. The Kier molecular flexibility index (Phi) is 10.5. The highest BCUT2D eigenvalue weighted by Crippen LogP contribution is 2.39. The number of rotatable bonds is 5. The molecule has 8 heteroatoms. The van der Waals surface area contributed by atoms with Gasteiger partial charge in [0.25, 0.3) is 0 Å². The van der Waals surface area contributed by atoms with Gasteiger partial charge in [0.1, 0.15) is 11.9 Å². The maximum absolute atomic E-state index is 13.8. The number of hydrogen-bond donors (Lipinski definition) is 2. The molecule has 3 heterocycles. The molecular weight excluding hydrogens is 502 g/mol. The summed E-state index contributed by atoms with van der Waals surface area (Å²) in [5.41, 5.74) is 2.01. The monoisotopic (exact) mass is 547 g/mol. The van der Waals surface area contributed by atoms with Crippen LogP contribution < -0.4 is 0 Å². The fourth-order valence-electron chi connectivity index (χ4n) is 5.10. The first kappa shape index (κ1) is 30.7. The van der Waals surface area contributed by atoms with E-state index in [2.05, 4.69) is 11.1 Å². The second-order valence-electron chi connectivity index (χ2n) is 11.9. The summed E-state index contributed by atoms with van der Waals surface area (Å²) in [6.07, 6.45) is 7.71. The second-order valence-corrected chi connectivity index (χ2v) is 12.9. The zero-order chi connectivity index (χ0) is 28.1. The number of carbonyl (C=O) groups excluding carboxylic acids is 2. The summed E-state index contributed by atoms with van der Waals surface area (Å²) in [5.74, 6) is -4.14. The topological polar surface area (TPSA) is 109 Å². The molecule has 0 aromatic carbocycles. The molecule has 7 nitrogen and oxygen atoms in total. The molecule has 0 amide bonds. The van der Waals surface area contributed by atoms with Gasteiger partial charge in [-0.05, 0) is 70.9 Å². The van der Waals surface area contributed by atoms with Gasteiger partial charge < -0.3 is 19.7 Å². The minimum Gasteiger partial charge on any atom is -0.457 e. The lowest BCUT2D eigenvalue weighted by atomic mass is 9.70. The van der Waals surface area contributed by atoms with Gasteiger partial charge in [-0.15, -0.1) is 11.3 Å². The van der Waals surface area contributed by atoms with Gasteiger partial charge >= 0.3 is 5.97 Å². The fourth-order valence-corrected chi connectivity index (χ4v) is 5.67. The second kappa shape index (κ2) is 13.0. The smallest absolute Gasteiger partial charge is 0.306 e. The number of Topliss-reactive ketones (excluding diaryl/α,β-unsaturated/α-hetero) is 1. The van der Waals surface area contributed by atoms with Crippen LogP contribution in [0, 0.1) is 24.2 Å². The molecule has 0 spiro atoms. The van der Waals surface area contributed by atoms with Crippen LogP contribution in [0.4, 0.5) is 0 Å². The summed E-state index contributed by atoms with van der Waals surface area (Å²) < 4.78 is 11.3. The van der Waals surface area contributed by atoms with Crippen LogP contribution in [-0.2, 0) is 19.1 Å². The molecule has 3 rings (SSSR count). The van der Waals surface area contributed by atoms with Gasteiger partial charge in [0.15, 0.2) is 5.79 Å². The van der Waals surface area contributed by atoms with Crippen LogP contribution in [0.2, 0.25) is 0 Å². The van der Waals surface area contributed by atoms with Crippen molar-refractivity contribution in [3.63, 3.8) is 0 Å². The van der Waals surface area contributed by atoms with Crippen molar-refractivity contribution in [1.29, 1.82) is 0 Å². The van der Waals surface area contributed by atoms with Crippen LogP contribution in [0.3, 0.4) is 0 Å². The van der Waals surface area contributed by atoms with Crippen LogP contribution in [0.15, 0.2) is 22.6 Å². The minimum absolute atomic E-state index is 0.0683. The molecule has 2 N–H and O–H groups in total. The summed E-state index contributed by atoms with van der Waals surface area (Å²) in [6.45, 7) is 12.0. The molecule has 1 aromatic rings. The number of carbonyl (C=O) groups is 2. The molecule has 38 heavy (non-hydrogen) atoms. The zero-order valence-electron chi connectivity index (χ0n) is 23.8. The standard InChI is InChI=1S/C30H45NO6S/c1-19-8-7-9-21(3)30(34,35)25(12-11-24-17-36-24)28(33)29(5,6)15-14-27(32)37-26(13-10-19)20(2)16-23-18-38-22(4)31-23/h10,16,18,21,24-26,34-35H,7-9,11-15,17H2,1-6H3. The first-order valence-corrected chi connectivity index (χ1v) is 14.7. The average molecular weight is 548 g/mol. The predicted octanol–water partition coefficient (Wildman–Crippen LogP) is 5.77. The van der Waals surface area contributed by atoms with Crippen LogP contribution >= 0.6 is 11.3 Å². The van der Waals surface area contributed by atoms with E-state index in [4.69, 9.17) is 9.47 Å². The highest BCUT2D eigenvalue weighted by Gasteiger charge is 2.48. The van der Waals surface area contributed by atoms with E-state index < -0.39 is 29.1 Å². The fraction of sp³-hybridized carbons (Fsp3) is 0.700. The normalized spacial score (nSPS) is 29.5. The number of allylic oxidation sites excluding steroid dienone is 1. The number of esters is 1. The third-order valence-corrected chi connectivity index (χ3v) is 8.83. The minimum atomic E-state index is -2.13. The highest BCUT2D eigenvalue weighted by molar-refractivity contribution is 7.09. The summed E-state index contributed by atoms with van der Waals surface area (Å²) in [6, 6.07) is 0. The molecular formula is C30H45NO6S. The number of aliphatic hydroxyl groups is 2. The maximum atomic E-state index is 13.8. The zero-order valence-corrected chi connectivity index (χ0v) is 24.6. The number of cyclic esters (lactones) is 1. The Hall–Kier alpha value is -1.87. The molecule has 212 valence electrons. The Bertz CT molecular complexity index is 1040. The number of hydrogen-bond acceptors (Lipinski definition) is 8. The van der Waals surface area contributed by atoms with E-state index in [-0.39, 0.29) is 30.7 Å². The summed E-state index contributed by atoms with van der Waals surface area (Å²) in [5, 5.41) is 25.5. The number of aromatic nitrogens is 1. The van der Waals surface area contributed by atoms with Crippen molar-refractivity contribution in [3.8, 4) is 0 Å². The number of thiazole rings is 1.